The molecule has 1 amide bonds. The maximum absolute atomic E-state index is 12.0. The lowest BCUT2D eigenvalue weighted by Gasteiger charge is -2.20. The first kappa shape index (κ1) is 18.6. The molecule has 7 heteroatoms. The molecule has 0 spiro atoms. The van der Waals surface area contributed by atoms with Crippen LogP contribution in [0.25, 0.3) is 0 Å². The van der Waals surface area contributed by atoms with E-state index in [-0.39, 0.29) is 30.0 Å². The van der Waals surface area contributed by atoms with Gasteiger partial charge in [-0.3, -0.25) is 4.79 Å². The average Bonchev–Trinajstić information content (AvgIpc) is 2.38. The molecule has 20 heavy (non-hydrogen) atoms. The van der Waals surface area contributed by atoms with Crippen LogP contribution in [-0.4, -0.2) is 31.0 Å². The summed E-state index contributed by atoms with van der Waals surface area (Å²) in [5, 5.41) is 0. The van der Waals surface area contributed by atoms with Crippen LogP contribution in [0.4, 0.5) is 8.78 Å². The van der Waals surface area contributed by atoms with Crippen LogP contribution in [0, 0.1) is 5.92 Å². The summed E-state index contributed by atoms with van der Waals surface area (Å²) in [7, 11) is 1.68. The van der Waals surface area contributed by atoms with Crippen molar-refractivity contribution in [2.24, 2.45) is 11.7 Å². The lowest BCUT2D eigenvalue weighted by atomic mass is 10.1. The van der Waals surface area contributed by atoms with Crippen molar-refractivity contribution in [1.82, 2.24) is 4.90 Å². The zero-order chi connectivity index (χ0) is 14.4. The minimum Gasteiger partial charge on any atom is -0.435 e. The van der Waals surface area contributed by atoms with Crippen molar-refractivity contribution >= 4 is 18.3 Å². The van der Waals surface area contributed by atoms with Gasteiger partial charge in [-0.2, -0.15) is 8.78 Å². The molecule has 1 atom stereocenters. The van der Waals surface area contributed by atoms with E-state index in [9.17, 15) is 13.6 Å². The number of nitrogens with two attached hydrogens (primary N) is 1. The quantitative estimate of drug-likeness (QED) is 0.877. The van der Waals surface area contributed by atoms with Crippen LogP contribution in [-0.2, 0) is 11.3 Å². The molecule has 2 N–H and O–H groups in total. The molecule has 0 bridgehead atoms. The summed E-state index contributed by atoms with van der Waals surface area (Å²) in [6.45, 7) is -0.374. The second-order valence-corrected chi connectivity index (χ2v) is 4.35. The highest BCUT2D eigenvalue weighted by molar-refractivity contribution is 5.85. The van der Waals surface area contributed by atoms with Crippen molar-refractivity contribution in [2.45, 2.75) is 20.1 Å². The zero-order valence-electron chi connectivity index (χ0n) is 11.4. The van der Waals surface area contributed by atoms with Gasteiger partial charge >= 0.3 is 6.61 Å². The predicted octanol–water partition coefficient (Wildman–Crippen LogP) is 2.26. The van der Waals surface area contributed by atoms with E-state index in [1.165, 1.54) is 12.1 Å². The van der Waals surface area contributed by atoms with E-state index in [0.717, 1.165) is 5.56 Å². The maximum atomic E-state index is 12.0. The van der Waals surface area contributed by atoms with Crippen LogP contribution in [0.3, 0.4) is 0 Å². The number of carbonyl (C=O) groups is 1. The van der Waals surface area contributed by atoms with Gasteiger partial charge in [0.25, 0.3) is 0 Å². The van der Waals surface area contributed by atoms with E-state index in [2.05, 4.69) is 4.74 Å². The summed E-state index contributed by atoms with van der Waals surface area (Å²) >= 11 is 0. The third-order valence-corrected chi connectivity index (χ3v) is 2.72. The molecule has 4 nitrogen and oxygen atoms in total. The van der Waals surface area contributed by atoms with E-state index in [1.54, 1.807) is 31.0 Å². The van der Waals surface area contributed by atoms with Crippen molar-refractivity contribution in [3.05, 3.63) is 29.8 Å². The average molecular weight is 309 g/mol. The van der Waals surface area contributed by atoms with Gasteiger partial charge in [0.1, 0.15) is 5.75 Å². The van der Waals surface area contributed by atoms with Crippen molar-refractivity contribution < 1.29 is 18.3 Å². The molecule has 1 aromatic rings. The standard InChI is InChI=1S/C13H18F2N2O2.ClH/c1-9(7-16)12(18)17(2)8-10-3-5-11(6-4-10)19-13(14)15;/h3-6,9,13H,7-8,16H2,1-2H3;1H. The van der Waals surface area contributed by atoms with Gasteiger partial charge in [-0.05, 0) is 17.7 Å². The Bertz CT molecular complexity index is 415. The number of nitrogens with zero attached hydrogens (tertiary/aromatic N) is 1. The predicted molar refractivity (Wildman–Crippen MR) is 75.0 cm³/mol. The molecule has 1 aromatic carbocycles. The summed E-state index contributed by atoms with van der Waals surface area (Å²) in [5.74, 6) is -0.176. The van der Waals surface area contributed by atoms with Gasteiger partial charge in [0, 0.05) is 26.1 Å². The van der Waals surface area contributed by atoms with Crippen molar-refractivity contribution in [2.75, 3.05) is 13.6 Å². The second-order valence-electron chi connectivity index (χ2n) is 4.35. The minimum absolute atomic E-state index is 0. The van der Waals surface area contributed by atoms with E-state index in [1.807, 2.05) is 0 Å². The van der Waals surface area contributed by atoms with Crippen LogP contribution >= 0.6 is 12.4 Å². The normalized spacial score (nSPS) is 11.7. The van der Waals surface area contributed by atoms with Crippen molar-refractivity contribution in [3.63, 3.8) is 0 Å². The summed E-state index contributed by atoms with van der Waals surface area (Å²) in [5.41, 5.74) is 6.27. The Balaban J connectivity index is 0.00000361. The summed E-state index contributed by atoms with van der Waals surface area (Å²) in [6.07, 6.45) is 0. The lowest BCUT2D eigenvalue weighted by molar-refractivity contribution is -0.133. The van der Waals surface area contributed by atoms with Gasteiger partial charge in [0.05, 0.1) is 0 Å². The van der Waals surface area contributed by atoms with E-state index >= 15 is 0 Å². The maximum Gasteiger partial charge on any atom is 0.387 e. The smallest absolute Gasteiger partial charge is 0.387 e. The molecule has 0 aromatic heterocycles. The van der Waals surface area contributed by atoms with Gasteiger partial charge in [-0.1, -0.05) is 19.1 Å². The Morgan fingerprint density at radius 1 is 1.35 bits per heavy atom. The van der Waals surface area contributed by atoms with Gasteiger partial charge in [-0.15, -0.1) is 12.4 Å². The molecule has 1 rings (SSSR count). The SMILES string of the molecule is CC(CN)C(=O)N(C)Cc1ccc(OC(F)F)cc1.Cl. The fourth-order valence-electron chi connectivity index (χ4n) is 1.61. The largest absolute Gasteiger partial charge is 0.435 e. The molecule has 1 unspecified atom stereocenters. The number of alkyl halides is 2. The van der Waals surface area contributed by atoms with Crippen LogP contribution in [0.2, 0.25) is 0 Å². The Kier molecular flexibility index (Phi) is 8.10. The van der Waals surface area contributed by atoms with Crippen LogP contribution < -0.4 is 10.5 Å². The summed E-state index contributed by atoms with van der Waals surface area (Å²) in [6, 6.07) is 6.20. The molecule has 0 aliphatic heterocycles. The number of halogens is 3. The van der Waals surface area contributed by atoms with E-state index in [4.69, 9.17) is 5.73 Å². The Hall–Kier alpha value is -1.40. The molecule has 0 heterocycles. The first-order valence-corrected chi connectivity index (χ1v) is 5.92. The minimum atomic E-state index is -2.83. The highest BCUT2D eigenvalue weighted by atomic mass is 35.5. The third kappa shape index (κ3) is 5.71. The summed E-state index contributed by atoms with van der Waals surface area (Å²) < 4.78 is 28.2. The molecule has 0 fully saturated rings. The topological polar surface area (TPSA) is 55.6 Å². The molecular formula is C13H19ClF2N2O2. The Morgan fingerprint density at radius 3 is 2.35 bits per heavy atom. The van der Waals surface area contributed by atoms with Gasteiger partial charge in [0.2, 0.25) is 5.91 Å². The van der Waals surface area contributed by atoms with E-state index in [0.29, 0.717) is 13.1 Å². The third-order valence-electron chi connectivity index (χ3n) is 2.72. The van der Waals surface area contributed by atoms with Gasteiger partial charge in [-0.25, -0.2) is 0 Å². The number of benzene rings is 1. The highest BCUT2D eigenvalue weighted by Gasteiger charge is 2.16. The first-order valence-electron chi connectivity index (χ1n) is 5.92. The Labute approximate surface area is 123 Å². The van der Waals surface area contributed by atoms with Crippen LogP contribution in [0.1, 0.15) is 12.5 Å². The number of rotatable bonds is 6. The van der Waals surface area contributed by atoms with Gasteiger partial charge in [0.15, 0.2) is 0 Å². The van der Waals surface area contributed by atoms with Crippen molar-refractivity contribution in [3.8, 4) is 5.75 Å². The molecule has 0 saturated heterocycles. The molecule has 0 aliphatic rings. The van der Waals surface area contributed by atoms with Crippen LogP contribution in [0.5, 0.6) is 5.75 Å². The first-order chi connectivity index (χ1) is 8.93. The zero-order valence-corrected chi connectivity index (χ0v) is 12.2. The molecular weight excluding hydrogens is 290 g/mol. The Morgan fingerprint density at radius 2 is 1.90 bits per heavy atom. The molecule has 0 saturated carbocycles. The number of amides is 1. The molecule has 0 aliphatic carbocycles. The highest BCUT2D eigenvalue weighted by Crippen LogP contribution is 2.16. The van der Waals surface area contributed by atoms with Crippen LogP contribution in [0.15, 0.2) is 24.3 Å². The number of ether oxygens (including phenoxy) is 1. The van der Waals surface area contributed by atoms with Crippen molar-refractivity contribution in [1.29, 1.82) is 0 Å². The summed E-state index contributed by atoms with van der Waals surface area (Å²) in [4.78, 5) is 13.4. The lowest BCUT2D eigenvalue weighted by Crippen LogP contribution is -2.34. The van der Waals surface area contributed by atoms with E-state index < -0.39 is 6.61 Å². The monoisotopic (exact) mass is 308 g/mol. The number of hydrogen-bond donors (Lipinski definition) is 1. The fraction of sp³-hybridized carbons (Fsp3) is 0.462. The molecule has 0 radical (unpaired) electrons. The number of hydrogen-bond acceptors (Lipinski definition) is 3. The van der Waals surface area contributed by atoms with Gasteiger partial charge < -0.3 is 15.4 Å². The second kappa shape index (κ2) is 8.71. The fourth-order valence-corrected chi connectivity index (χ4v) is 1.61. The number of carbonyl (C=O) groups excluding carboxylic acids is 1. The molecule has 114 valence electrons.